The molecule has 0 saturated carbocycles. The number of methoxy groups -OCH3 is 1. The van der Waals surface area contributed by atoms with E-state index in [-0.39, 0.29) is 18.6 Å². The molecule has 2 rings (SSSR count). The van der Waals surface area contributed by atoms with Crippen molar-refractivity contribution in [3.63, 3.8) is 0 Å². The maximum absolute atomic E-state index is 12.0. The molecule has 0 unspecified atom stereocenters. The Balaban J connectivity index is 1.69. The average Bonchev–Trinajstić information content (AvgIpc) is 2.47. The van der Waals surface area contributed by atoms with Gasteiger partial charge < -0.3 is 19.7 Å². The topological polar surface area (TPSA) is 50.8 Å². The quantitative estimate of drug-likeness (QED) is 0.740. The summed E-state index contributed by atoms with van der Waals surface area (Å²) in [5.41, 5.74) is 1.28. The number of nitrogens with one attached hydrogen (secondary N) is 1. The van der Waals surface area contributed by atoms with Gasteiger partial charge in [0.15, 0.2) is 0 Å². The third kappa shape index (κ3) is 4.60. The molecule has 0 aromatic heterocycles. The Morgan fingerprint density at radius 1 is 1.47 bits per heavy atom. The molecule has 0 spiro atoms. The summed E-state index contributed by atoms with van der Waals surface area (Å²) in [5.74, 6) is 0.103. The number of rotatable bonds is 5. The van der Waals surface area contributed by atoms with E-state index in [9.17, 15) is 4.79 Å². The predicted molar refractivity (Wildman–Crippen MR) is 73.0 cm³/mol. The SMILES string of the molecule is COCC1=CCN(C(=O)COC2CCNCC2)CC1. The molecule has 0 bridgehead atoms. The predicted octanol–water partition coefficient (Wildman–Crippen LogP) is 0.560. The van der Waals surface area contributed by atoms with E-state index < -0.39 is 0 Å². The van der Waals surface area contributed by atoms with Gasteiger partial charge in [0.05, 0.1) is 12.7 Å². The highest BCUT2D eigenvalue weighted by Gasteiger charge is 2.20. The van der Waals surface area contributed by atoms with Gasteiger partial charge in [-0.1, -0.05) is 6.08 Å². The van der Waals surface area contributed by atoms with Crippen LogP contribution in [0.5, 0.6) is 0 Å². The Morgan fingerprint density at radius 2 is 2.26 bits per heavy atom. The van der Waals surface area contributed by atoms with Gasteiger partial charge in [0.25, 0.3) is 0 Å². The van der Waals surface area contributed by atoms with Gasteiger partial charge >= 0.3 is 0 Å². The fourth-order valence-electron chi connectivity index (χ4n) is 2.50. The molecule has 0 aromatic carbocycles. The zero-order chi connectivity index (χ0) is 13.5. The summed E-state index contributed by atoms with van der Waals surface area (Å²) >= 11 is 0. The van der Waals surface area contributed by atoms with E-state index in [4.69, 9.17) is 9.47 Å². The molecule has 0 radical (unpaired) electrons. The van der Waals surface area contributed by atoms with Crippen molar-refractivity contribution in [2.24, 2.45) is 0 Å². The highest BCUT2D eigenvalue weighted by Crippen LogP contribution is 2.12. The molecule has 1 fully saturated rings. The van der Waals surface area contributed by atoms with E-state index in [0.717, 1.165) is 38.9 Å². The molecule has 2 heterocycles. The van der Waals surface area contributed by atoms with Crippen LogP contribution in [0.15, 0.2) is 11.6 Å². The number of nitrogens with zero attached hydrogens (tertiary/aromatic N) is 1. The van der Waals surface area contributed by atoms with Gasteiger partial charge in [-0.3, -0.25) is 4.79 Å². The molecule has 0 aromatic rings. The summed E-state index contributed by atoms with van der Waals surface area (Å²) in [5, 5.41) is 3.29. The lowest BCUT2D eigenvalue weighted by Gasteiger charge is -2.28. The zero-order valence-corrected chi connectivity index (χ0v) is 11.7. The Kier molecular flexibility index (Phi) is 5.82. The normalized spacial score (nSPS) is 21.3. The lowest BCUT2D eigenvalue weighted by atomic mass is 10.1. The van der Waals surface area contributed by atoms with E-state index in [0.29, 0.717) is 13.2 Å². The van der Waals surface area contributed by atoms with Gasteiger partial charge in [-0.15, -0.1) is 0 Å². The summed E-state index contributed by atoms with van der Waals surface area (Å²) < 4.78 is 10.8. The molecule has 1 saturated heterocycles. The van der Waals surface area contributed by atoms with Crippen LogP contribution >= 0.6 is 0 Å². The molecule has 1 N–H and O–H groups in total. The van der Waals surface area contributed by atoms with Crippen molar-refractivity contribution in [2.45, 2.75) is 25.4 Å². The number of piperidine rings is 1. The molecule has 0 aliphatic carbocycles. The van der Waals surface area contributed by atoms with Crippen LogP contribution in [0.2, 0.25) is 0 Å². The van der Waals surface area contributed by atoms with Crippen molar-refractivity contribution in [3.05, 3.63) is 11.6 Å². The highest BCUT2D eigenvalue weighted by molar-refractivity contribution is 5.77. The summed E-state index contributed by atoms with van der Waals surface area (Å²) in [6.07, 6.45) is 5.26. The summed E-state index contributed by atoms with van der Waals surface area (Å²) in [6.45, 7) is 4.35. The highest BCUT2D eigenvalue weighted by atomic mass is 16.5. The van der Waals surface area contributed by atoms with Crippen LogP contribution in [-0.4, -0.2) is 63.4 Å². The Hall–Kier alpha value is -0.910. The maximum Gasteiger partial charge on any atom is 0.248 e. The first-order valence-corrected chi connectivity index (χ1v) is 7.06. The van der Waals surface area contributed by atoms with Gasteiger partial charge in [-0.2, -0.15) is 0 Å². The van der Waals surface area contributed by atoms with Crippen LogP contribution < -0.4 is 5.32 Å². The van der Waals surface area contributed by atoms with E-state index >= 15 is 0 Å². The first kappa shape index (κ1) is 14.5. The first-order chi connectivity index (χ1) is 9.29. The van der Waals surface area contributed by atoms with E-state index in [1.807, 2.05) is 4.90 Å². The van der Waals surface area contributed by atoms with Crippen molar-refractivity contribution in [1.82, 2.24) is 10.2 Å². The third-order valence-corrected chi connectivity index (χ3v) is 3.71. The molecule has 1 amide bonds. The second kappa shape index (κ2) is 7.62. The van der Waals surface area contributed by atoms with Gasteiger partial charge in [0, 0.05) is 20.2 Å². The van der Waals surface area contributed by atoms with Crippen molar-refractivity contribution < 1.29 is 14.3 Å². The molecule has 5 heteroatoms. The largest absolute Gasteiger partial charge is 0.380 e. The minimum absolute atomic E-state index is 0.103. The monoisotopic (exact) mass is 268 g/mol. The Bertz CT molecular complexity index is 325. The fraction of sp³-hybridized carbons (Fsp3) is 0.786. The lowest BCUT2D eigenvalue weighted by molar-refractivity contribution is -0.138. The smallest absolute Gasteiger partial charge is 0.248 e. The molecule has 2 aliphatic rings. The van der Waals surface area contributed by atoms with Crippen molar-refractivity contribution >= 4 is 5.91 Å². The van der Waals surface area contributed by atoms with Gasteiger partial charge in [0.1, 0.15) is 6.61 Å². The van der Waals surface area contributed by atoms with E-state index in [1.165, 1.54) is 5.57 Å². The molecule has 5 nitrogen and oxygen atoms in total. The summed E-state index contributed by atoms with van der Waals surface area (Å²) in [4.78, 5) is 13.9. The molecule has 108 valence electrons. The van der Waals surface area contributed by atoms with Crippen molar-refractivity contribution in [1.29, 1.82) is 0 Å². The number of amides is 1. The summed E-state index contributed by atoms with van der Waals surface area (Å²) in [7, 11) is 1.70. The van der Waals surface area contributed by atoms with Crippen LogP contribution in [0.4, 0.5) is 0 Å². The molecular formula is C14H24N2O3. The minimum Gasteiger partial charge on any atom is -0.380 e. The number of carbonyl (C=O) groups is 1. The molecule has 0 atom stereocenters. The number of hydrogen-bond donors (Lipinski definition) is 1. The minimum atomic E-state index is 0.103. The number of hydrogen-bond acceptors (Lipinski definition) is 4. The standard InChI is InChI=1S/C14H24N2O3/c1-18-10-12-4-8-16(9-5-12)14(17)11-19-13-2-6-15-7-3-13/h4,13,15H,2-3,5-11H2,1H3. The van der Waals surface area contributed by atoms with E-state index in [2.05, 4.69) is 11.4 Å². The van der Waals surface area contributed by atoms with Crippen molar-refractivity contribution in [3.8, 4) is 0 Å². The van der Waals surface area contributed by atoms with Crippen LogP contribution in [-0.2, 0) is 14.3 Å². The second-order valence-corrected chi connectivity index (χ2v) is 5.15. The Labute approximate surface area is 114 Å². The second-order valence-electron chi connectivity index (χ2n) is 5.15. The molecular weight excluding hydrogens is 244 g/mol. The maximum atomic E-state index is 12.0. The lowest BCUT2D eigenvalue weighted by Crippen LogP contribution is -2.40. The van der Waals surface area contributed by atoms with Gasteiger partial charge in [0.2, 0.25) is 5.91 Å². The fourth-order valence-corrected chi connectivity index (χ4v) is 2.50. The Morgan fingerprint density at radius 3 is 2.89 bits per heavy atom. The average molecular weight is 268 g/mol. The van der Waals surface area contributed by atoms with E-state index in [1.54, 1.807) is 7.11 Å². The van der Waals surface area contributed by atoms with Crippen molar-refractivity contribution in [2.75, 3.05) is 46.5 Å². The van der Waals surface area contributed by atoms with Crippen LogP contribution in [0.1, 0.15) is 19.3 Å². The first-order valence-electron chi connectivity index (χ1n) is 7.06. The zero-order valence-electron chi connectivity index (χ0n) is 11.7. The summed E-state index contributed by atoms with van der Waals surface area (Å²) in [6, 6.07) is 0. The number of ether oxygens (including phenoxy) is 2. The van der Waals surface area contributed by atoms with Crippen LogP contribution in [0.25, 0.3) is 0 Å². The number of carbonyl (C=O) groups excluding carboxylic acids is 1. The molecule has 2 aliphatic heterocycles. The van der Waals surface area contributed by atoms with Gasteiger partial charge in [-0.05, 0) is 37.9 Å². The third-order valence-electron chi connectivity index (χ3n) is 3.71. The van der Waals surface area contributed by atoms with Crippen LogP contribution in [0.3, 0.4) is 0 Å². The van der Waals surface area contributed by atoms with Crippen LogP contribution in [0, 0.1) is 0 Å². The molecule has 19 heavy (non-hydrogen) atoms. The van der Waals surface area contributed by atoms with Gasteiger partial charge in [-0.25, -0.2) is 0 Å².